The maximum Gasteiger partial charge on any atom is 0.203 e. The molecule has 0 aliphatic heterocycles. The van der Waals surface area contributed by atoms with Gasteiger partial charge in [0.2, 0.25) is 5.82 Å². The highest BCUT2D eigenvalue weighted by molar-refractivity contribution is 7.21. The molecule has 2 aromatic heterocycles. The minimum absolute atomic E-state index is 0.125. The van der Waals surface area contributed by atoms with Crippen LogP contribution in [0.2, 0.25) is 0 Å². The molecule has 2 heterocycles. The summed E-state index contributed by atoms with van der Waals surface area (Å²) in [4.78, 5) is 8.64. The Morgan fingerprint density at radius 2 is 1.95 bits per heavy atom. The summed E-state index contributed by atoms with van der Waals surface area (Å²) in [5, 5.41) is 9.30. The number of thiazole rings is 1. The number of phenols is 1. The number of nitrogens with zero attached hydrogens (tertiary/aromatic N) is 2. The normalized spacial score (nSPS) is 11.1. The number of hydrogen-bond acceptors (Lipinski definition) is 4. The molecule has 0 atom stereocenters. The Bertz CT molecular complexity index is 755. The lowest BCUT2D eigenvalue weighted by atomic mass is 10.2. The summed E-state index contributed by atoms with van der Waals surface area (Å²) < 4.78 is 40.0. The molecule has 3 nitrogen and oxygen atoms in total. The third-order valence-electron chi connectivity index (χ3n) is 2.53. The zero-order chi connectivity index (χ0) is 13.6. The number of fused-ring (bicyclic) bond motifs is 1. The Hall–Kier alpha value is -2.15. The van der Waals surface area contributed by atoms with E-state index in [1.165, 1.54) is 0 Å². The lowest BCUT2D eigenvalue weighted by Crippen LogP contribution is -1.92. The van der Waals surface area contributed by atoms with Crippen LogP contribution in [0.15, 0.2) is 24.4 Å². The predicted molar refractivity (Wildman–Crippen MR) is 64.4 cm³/mol. The molecule has 19 heavy (non-hydrogen) atoms. The molecule has 0 amide bonds. The van der Waals surface area contributed by atoms with Gasteiger partial charge < -0.3 is 5.11 Å². The molecule has 0 bridgehead atoms. The first-order valence-electron chi connectivity index (χ1n) is 5.16. The molecule has 0 aliphatic carbocycles. The molecule has 0 saturated heterocycles. The summed E-state index contributed by atoms with van der Waals surface area (Å²) in [6.45, 7) is 0. The van der Waals surface area contributed by atoms with Gasteiger partial charge in [0.1, 0.15) is 15.4 Å². The van der Waals surface area contributed by atoms with E-state index in [4.69, 9.17) is 0 Å². The number of benzene rings is 1. The van der Waals surface area contributed by atoms with Crippen molar-refractivity contribution in [2.45, 2.75) is 0 Å². The first-order valence-corrected chi connectivity index (χ1v) is 5.98. The van der Waals surface area contributed by atoms with Gasteiger partial charge in [-0.05, 0) is 18.2 Å². The van der Waals surface area contributed by atoms with Crippen LogP contribution >= 0.6 is 11.3 Å². The number of phenolic OH excluding ortho intramolecular Hbond substituents is 1. The van der Waals surface area contributed by atoms with Crippen molar-refractivity contribution in [3.05, 3.63) is 41.8 Å². The van der Waals surface area contributed by atoms with Gasteiger partial charge in [0.05, 0.1) is 5.56 Å². The number of rotatable bonds is 1. The van der Waals surface area contributed by atoms with Crippen molar-refractivity contribution in [2.24, 2.45) is 0 Å². The lowest BCUT2D eigenvalue weighted by Gasteiger charge is -2.03. The highest BCUT2D eigenvalue weighted by atomic mass is 32.1. The van der Waals surface area contributed by atoms with Crippen molar-refractivity contribution in [3.8, 4) is 16.3 Å². The van der Waals surface area contributed by atoms with Crippen molar-refractivity contribution in [2.75, 3.05) is 0 Å². The van der Waals surface area contributed by atoms with Crippen molar-refractivity contribution < 1.29 is 18.3 Å². The monoisotopic (exact) mass is 282 g/mol. The largest absolute Gasteiger partial charge is 0.503 e. The van der Waals surface area contributed by atoms with E-state index in [2.05, 4.69) is 9.97 Å². The van der Waals surface area contributed by atoms with Crippen LogP contribution in [0.4, 0.5) is 13.2 Å². The first kappa shape index (κ1) is 11.9. The Labute approximate surface area is 109 Å². The van der Waals surface area contributed by atoms with Gasteiger partial charge >= 0.3 is 0 Å². The van der Waals surface area contributed by atoms with Gasteiger partial charge in [0, 0.05) is 6.20 Å². The maximum atomic E-state index is 13.7. The minimum Gasteiger partial charge on any atom is -0.503 e. The van der Waals surface area contributed by atoms with E-state index < -0.39 is 23.2 Å². The van der Waals surface area contributed by atoms with Crippen LogP contribution in [-0.4, -0.2) is 15.1 Å². The molecule has 3 aromatic rings. The standard InChI is InChI=1S/C12H5F3N2OS/c13-6-4-5(8(14)10(18)9(6)15)11-17-7-2-1-3-16-12(7)19-11/h1-4,18H. The third kappa shape index (κ3) is 1.82. The van der Waals surface area contributed by atoms with E-state index in [1.54, 1.807) is 18.3 Å². The van der Waals surface area contributed by atoms with Gasteiger partial charge in [0.15, 0.2) is 17.4 Å². The summed E-state index contributed by atoms with van der Waals surface area (Å²) >= 11 is 1.03. The molecule has 96 valence electrons. The van der Waals surface area contributed by atoms with E-state index in [0.717, 1.165) is 11.3 Å². The fourth-order valence-corrected chi connectivity index (χ4v) is 2.55. The molecule has 0 spiro atoms. The van der Waals surface area contributed by atoms with Crippen LogP contribution < -0.4 is 0 Å². The summed E-state index contributed by atoms with van der Waals surface area (Å²) in [7, 11) is 0. The van der Waals surface area contributed by atoms with Crippen molar-refractivity contribution >= 4 is 21.7 Å². The second kappa shape index (κ2) is 4.20. The molecular weight excluding hydrogens is 277 g/mol. The van der Waals surface area contributed by atoms with E-state index in [9.17, 15) is 18.3 Å². The number of pyridine rings is 1. The topological polar surface area (TPSA) is 46.0 Å². The van der Waals surface area contributed by atoms with Crippen LogP contribution in [0.25, 0.3) is 20.9 Å². The van der Waals surface area contributed by atoms with Crippen LogP contribution in [-0.2, 0) is 0 Å². The van der Waals surface area contributed by atoms with E-state index in [1.807, 2.05) is 0 Å². The average molecular weight is 282 g/mol. The second-order valence-electron chi connectivity index (χ2n) is 3.73. The average Bonchev–Trinajstić information content (AvgIpc) is 2.84. The van der Waals surface area contributed by atoms with Crippen molar-refractivity contribution in [3.63, 3.8) is 0 Å². The van der Waals surface area contributed by atoms with Gasteiger partial charge in [-0.15, -0.1) is 0 Å². The zero-order valence-electron chi connectivity index (χ0n) is 9.19. The number of halogens is 3. The molecule has 1 N–H and O–H groups in total. The Morgan fingerprint density at radius 3 is 2.68 bits per heavy atom. The van der Waals surface area contributed by atoms with Crippen LogP contribution in [0.3, 0.4) is 0 Å². The molecule has 3 rings (SSSR count). The molecule has 0 radical (unpaired) electrons. The van der Waals surface area contributed by atoms with Crippen molar-refractivity contribution in [1.29, 1.82) is 0 Å². The number of hydrogen-bond donors (Lipinski definition) is 1. The third-order valence-corrected chi connectivity index (χ3v) is 3.54. The van der Waals surface area contributed by atoms with Crippen LogP contribution in [0.5, 0.6) is 5.75 Å². The summed E-state index contributed by atoms with van der Waals surface area (Å²) in [5.74, 6) is -5.53. The van der Waals surface area contributed by atoms with Gasteiger partial charge in [-0.2, -0.15) is 4.39 Å². The quantitative estimate of drug-likeness (QED) is 0.695. The van der Waals surface area contributed by atoms with Gasteiger partial charge in [-0.25, -0.2) is 18.7 Å². The fraction of sp³-hybridized carbons (Fsp3) is 0. The van der Waals surface area contributed by atoms with E-state index >= 15 is 0 Å². The Kier molecular flexibility index (Phi) is 2.63. The second-order valence-corrected chi connectivity index (χ2v) is 4.71. The van der Waals surface area contributed by atoms with Crippen LogP contribution in [0.1, 0.15) is 0 Å². The number of aromatic hydroxyl groups is 1. The Morgan fingerprint density at radius 1 is 1.16 bits per heavy atom. The number of aromatic nitrogens is 2. The lowest BCUT2D eigenvalue weighted by molar-refractivity contribution is 0.377. The van der Waals surface area contributed by atoms with Gasteiger partial charge in [-0.1, -0.05) is 11.3 Å². The minimum atomic E-state index is -1.61. The van der Waals surface area contributed by atoms with E-state index in [0.29, 0.717) is 16.4 Å². The molecule has 1 aromatic carbocycles. The maximum absolute atomic E-state index is 13.7. The fourth-order valence-electron chi connectivity index (χ4n) is 1.63. The van der Waals surface area contributed by atoms with E-state index in [-0.39, 0.29) is 10.6 Å². The predicted octanol–water partition coefficient (Wildman–Crippen LogP) is 3.48. The zero-order valence-corrected chi connectivity index (χ0v) is 10.0. The molecular formula is C12H5F3N2OS. The smallest absolute Gasteiger partial charge is 0.203 e. The molecule has 0 aliphatic rings. The molecule has 0 unspecified atom stereocenters. The summed E-state index contributed by atoms with van der Waals surface area (Å²) in [6, 6.07) is 3.99. The first-order chi connectivity index (χ1) is 9.08. The molecule has 7 heteroatoms. The molecule has 0 saturated carbocycles. The summed E-state index contributed by atoms with van der Waals surface area (Å²) in [5.41, 5.74) is 0.227. The summed E-state index contributed by atoms with van der Waals surface area (Å²) in [6.07, 6.45) is 1.55. The van der Waals surface area contributed by atoms with Crippen molar-refractivity contribution in [1.82, 2.24) is 9.97 Å². The highest BCUT2D eigenvalue weighted by Crippen LogP contribution is 2.35. The molecule has 0 fully saturated rings. The SMILES string of the molecule is Oc1c(F)c(F)cc(-c2nc3cccnc3s2)c1F. The van der Waals surface area contributed by atoms with Gasteiger partial charge in [-0.3, -0.25) is 0 Å². The van der Waals surface area contributed by atoms with Gasteiger partial charge in [0.25, 0.3) is 0 Å². The van der Waals surface area contributed by atoms with Crippen LogP contribution in [0, 0.1) is 17.5 Å². The highest BCUT2D eigenvalue weighted by Gasteiger charge is 2.21. The Balaban J connectivity index is 2.27.